The van der Waals surface area contributed by atoms with Crippen LogP contribution in [-0.2, 0) is 0 Å². The van der Waals surface area contributed by atoms with Gasteiger partial charge in [-0.15, -0.1) is 0 Å². The van der Waals surface area contributed by atoms with E-state index in [1.54, 1.807) is 0 Å². The van der Waals surface area contributed by atoms with Gasteiger partial charge in [-0.1, -0.05) is 12.8 Å². The van der Waals surface area contributed by atoms with Gasteiger partial charge in [0.05, 0.1) is 12.7 Å². The van der Waals surface area contributed by atoms with Crippen LogP contribution in [0.5, 0.6) is 0 Å². The molecule has 2 N–H and O–H groups in total. The van der Waals surface area contributed by atoms with E-state index in [2.05, 4.69) is 4.90 Å². The predicted molar refractivity (Wildman–Crippen MR) is 55.1 cm³/mol. The molecule has 0 spiro atoms. The Morgan fingerprint density at radius 3 is 2.36 bits per heavy atom. The maximum Gasteiger partial charge on any atom is 0.0695 e. The molecule has 0 aliphatic heterocycles. The van der Waals surface area contributed by atoms with Crippen LogP contribution in [0.3, 0.4) is 0 Å². The number of aliphatic hydroxyl groups is 2. The minimum atomic E-state index is -0.157. The Labute approximate surface area is 85.7 Å². The van der Waals surface area contributed by atoms with E-state index >= 15 is 0 Å². The Balaban J connectivity index is 1.93. The molecule has 0 unspecified atom stereocenters. The van der Waals surface area contributed by atoms with Crippen molar-refractivity contribution in [2.75, 3.05) is 13.2 Å². The molecule has 0 heterocycles. The standard InChI is InChI=1S/C11H21NO2/c13-8-7-12(9-5-6-9)10-3-1-2-4-11(10)14/h9-11,13-14H,1-8H2/t10-,11-/m0/s1. The van der Waals surface area contributed by atoms with E-state index in [1.807, 2.05) is 0 Å². The topological polar surface area (TPSA) is 43.7 Å². The molecule has 0 saturated heterocycles. The van der Waals surface area contributed by atoms with Gasteiger partial charge in [0, 0.05) is 18.6 Å². The minimum Gasteiger partial charge on any atom is -0.395 e. The summed E-state index contributed by atoms with van der Waals surface area (Å²) in [6.07, 6.45) is 6.80. The molecule has 2 saturated carbocycles. The zero-order chi connectivity index (χ0) is 9.97. The van der Waals surface area contributed by atoms with Gasteiger partial charge in [0.25, 0.3) is 0 Å². The third-order valence-electron chi connectivity index (χ3n) is 3.49. The Morgan fingerprint density at radius 2 is 1.79 bits per heavy atom. The number of aliphatic hydroxyl groups excluding tert-OH is 2. The number of hydrogen-bond donors (Lipinski definition) is 2. The lowest BCUT2D eigenvalue weighted by atomic mass is 9.91. The van der Waals surface area contributed by atoms with Gasteiger partial charge in [0.1, 0.15) is 0 Å². The van der Waals surface area contributed by atoms with Gasteiger partial charge in [-0.25, -0.2) is 0 Å². The number of rotatable bonds is 4. The van der Waals surface area contributed by atoms with E-state index in [4.69, 9.17) is 5.11 Å². The Bertz CT molecular complexity index is 180. The zero-order valence-electron chi connectivity index (χ0n) is 8.73. The molecule has 82 valence electrons. The summed E-state index contributed by atoms with van der Waals surface area (Å²) in [5.74, 6) is 0. The normalized spacial score (nSPS) is 33.6. The zero-order valence-corrected chi connectivity index (χ0v) is 8.73. The van der Waals surface area contributed by atoms with Crippen LogP contribution in [0.25, 0.3) is 0 Å². The molecule has 0 aromatic rings. The summed E-state index contributed by atoms with van der Waals surface area (Å²) in [7, 11) is 0. The van der Waals surface area contributed by atoms with Crippen LogP contribution in [0.15, 0.2) is 0 Å². The smallest absolute Gasteiger partial charge is 0.0695 e. The summed E-state index contributed by atoms with van der Waals surface area (Å²) in [5, 5.41) is 18.9. The van der Waals surface area contributed by atoms with E-state index in [9.17, 15) is 5.11 Å². The highest BCUT2D eigenvalue weighted by molar-refractivity contribution is 4.92. The Hall–Kier alpha value is -0.120. The second kappa shape index (κ2) is 4.60. The van der Waals surface area contributed by atoms with Gasteiger partial charge in [0.15, 0.2) is 0 Å². The first-order valence-corrected chi connectivity index (χ1v) is 5.87. The molecule has 2 aliphatic carbocycles. The lowest BCUT2D eigenvalue weighted by molar-refractivity contribution is 0.00840. The van der Waals surface area contributed by atoms with Crippen LogP contribution in [0, 0.1) is 0 Å². The minimum absolute atomic E-state index is 0.157. The predicted octanol–water partition coefficient (Wildman–Crippen LogP) is 0.747. The van der Waals surface area contributed by atoms with Gasteiger partial charge in [-0.2, -0.15) is 0 Å². The first-order chi connectivity index (χ1) is 6.83. The molecule has 2 aliphatic rings. The average molecular weight is 199 g/mol. The molecule has 0 amide bonds. The van der Waals surface area contributed by atoms with Crippen LogP contribution in [0.1, 0.15) is 38.5 Å². The molecule has 0 aromatic carbocycles. The number of nitrogens with zero attached hydrogens (tertiary/aromatic N) is 1. The lowest BCUT2D eigenvalue weighted by Gasteiger charge is -2.37. The molecule has 2 fully saturated rings. The fourth-order valence-electron chi connectivity index (χ4n) is 2.62. The average Bonchev–Trinajstić information content (AvgIpc) is 2.99. The second-order valence-corrected chi connectivity index (χ2v) is 4.61. The van der Waals surface area contributed by atoms with E-state index < -0.39 is 0 Å². The van der Waals surface area contributed by atoms with Crippen LogP contribution < -0.4 is 0 Å². The van der Waals surface area contributed by atoms with Crippen molar-refractivity contribution in [3.8, 4) is 0 Å². The third kappa shape index (κ3) is 2.27. The van der Waals surface area contributed by atoms with Crippen molar-refractivity contribution in [2.24, 2.45) is 0 Å². The summed E-state index contributed by atoms with van der Waals surface area (Å²) in [4.78, 5) is 2.34. The van der Waals surface area contributed by atoms with Crippen molar-refractivity contribution in [3.63, 3.8) is 0 Å². The molecule has 0 radical (unpaired) electrons. The van der Waals surface area contributed by atoms with Crippen molar-refractivity contribution in [3.05, 3.63) is 0 Å². The quantitative estimate of drug-likeness (QED) is 0.702. The molecule has 0 aromatic heterocycles. The van der Waals surface area contributed by atoms with E-state index in [0.717, 1.165) is 25.8 Å². The summed E-state index contributed by atoms with van der Waals surface area (Å²) in [6.45, 7) is 0.964. The van der Waals surface area contributed by atoms with Gasteiger partial charge in [0.2, 0.25) is 0 Å². The fourth-order valence-corrected chi connectivity index (χ4v) is 2.62. The number of hydrogen-bond acceptors (Lipinski definition) is 3. The fraction of sp³-hybridized carbons (Fsp3) is 1.00. The van der Waals surface area contributed by atoms with Crippen molar-refractivity contribution < 1.29 is 10.2 Å². The third-order valence-corrected chi connectivity index (χ3v) is 3.49. The first kappa shape index (κ1) is 10.4. The largest absolute Gasteiger partial charge is 0.395 e. The highest BCUT2D eigenvalue weighted by Gasteiger charge is 2.37. The summed E-state index contributed by atoms with van der Waals surface area (Å²) < 4.78 is 0. The monoisotopic (exact) mass is 199 g/mol. The molecule has 0 bridgehead atoms. The van der Waals surface area contributed by atoms with Crippen LogP contribution >= 0.6 is 0 Å². The summed E-state index contributed by atoms with van der Waals surface area (Å²) in [5.41, 5.74) is 0. The van der Waals surface area contributed by atoms with E-state index in [1.165, 1.54) is 19.3 Å². The molecule has 2 atom stereocenters. The van der Waals surface area contributed by atoms with Gasteiger partial charge in [-0.3, -0.25) is 4.90 Å². The lowest BCUT2D eigenvalue weighted by Crippen LogP contribution is -2.47. The van der Waals surface area contributed by atoms with Crippen molar-refractivity contribution in [1.29, 1.82) is 0 Å². The highest BCUT2D eigenvalue weighted by Crippen LogP contribution is 2.33. The molecule has 2 rings (SSSR count). The Kier molecular flexibility index (Phi) is 3.42. The SMILES string of the molecule is OCCN(C1CC1)[C@H]1CCCC[C@@H]1O. The van der Waals surface area contributed by atoms with Crippen molar-refractivity contribution in [1.82, 2.24) is 4.90 Å². The summed E-state index contributed by atoms with van der Waals surface area (Å²) >= 11 is 0. The summed E-state index contributed by atoms with van der Waals surface area (Å²) in [6, 6.07) is 0.975. The van der Waals surface area contributed by atoms with Gasteiger partial charge < -0.3 is 10.2 Å². The first-order valence-electron chi connectivity index (χ1n) is 5.87. The van der Waals surface area contributed by atoms with E-state index in [0.29, 0.717) is 12.1 Å². The highest BCUT2D eigenvalue weighted by atomic mass is 16.3. The molecular weight excluding hydrogens is 178 g/mol. The second-order valence-electron chi connectivity index (χ2n) is 4.61. The van der Waals surface area contributed by atoms with Crippen LogP contribution in [0.4, 0.5) is 0 Å². The molecule has 3 heteroatoms. The van der Waals surface area contributed by atoms with Crippen LogP contribution in [-0.4, -0.2) is 46.5 Å². The van der Waals surface area contributed by atoms with Gasteiger partial charge in [-0.05, 0) is 25.7 Å². The van der Waals surface area contributed by atoms with E-state index in [-0.39, 0.29) is 12.7 Å². The maximum atomic E-state index is 9.92. The molecule has 3 nitrogen and oxygen atoms in total. The molecule has 14 heavy (non-hydrogen) atoms. The van der Waals surface area contributed by atoms with Crippen molar-refractivity contribution in [2.45, 2.75) is 56.7 Å². The Morgan fingerprint density at radius 1 is 1.07 bits per heavy atom. The molecular formula is C11H21NO2. The maximum absolute atomic E-state index is 9.92. The van der Waals surface area contributed by atoms with Gasteiger partial charge >= 0.3 is 0 Å². The van der Waals surface area contributed by atoms with Crippen LogP contribution in [0.2, 0.25) is 0 Å². The van der Waals surface area contributed by atoms with Crippen molar-refractivity contribution >= 4 is 0 Å².